The molecule has 2 heterocycles. The Morgan fingerprint density at radius 3 is 2.50 bits per heavy atom. The second kappa shape index (κ2) is 6.55. The Bertz CT molecular complexity index is 272. The molecule has 1 amide bonds. The second-order valence-corrected chi connectivity index (χ2v) is 6.23. The zero-order valence-electron chi connectivity index (χ0n) is 12.0. The quantitative estimate of drug-likeness (QED) is 0.770. The van der Waals surface area contributed by atoms with E-state index in [1.54, 1.807) is 0 Å². The minimum absolute atomic E-state index is 0.390. The monoisotopic (exact) mass is 252 g/mol. The first-order valence-corrected chi connectivity index (χ1v) is 7.65. The summed E-state index contributed by atoms with van der Waals surface area (Å²) in [5.41, 5.74) is 0. The molecule has 0 radical (unpaired) electrons. The van der Waals surface area contributed by atoms with Gasteiger partial charge in [0.1, 0.15) is 0 Å². The van der Waals surface area contributed by atoms with Crippen LogP contribution in [0.15, 0.2) is 0 Å². The Labute approximate surface area is 112 Å². The highest BCUT2D eigenvalue weighted by Gasteiger charge is 2.23. The minimum Gasteiger partial charge on any atom is -0.343 e. The van der Waals surface area contributed by atoms with Crippen LogP contribution in [0, 0.1) is 5.92 Å². The third-order valence-electron chi connectivity index (χ3n) is 4.75. The number of hydrogen-bond acceptors (Lipinski definition) is 2. The molecule has 0 bridgehead atoms. The van der Waals surface area contributed by atoms with Gasteiger partial charge in [-0.3, -0.25) is 4.79 Å². The number of rotatable bonds is 3. The molecule has 2 fully saturated rings. The lowest BCUT2D eigenvalue weighted by Gasteiger charge is -2.34. The van der Waals surface area contributed by atoms with Gasteiger partial charge in [0.05, 0.1) is 0 Å². The van der Waals surface area contributed by atoms with Gasteiger partial charge in [-0.05, 0) is 51.6 Å². The summed E-state index contributed by atoms with van der Waals surface area (Å²) < 4.78 is 0. The van der Waals surface area contributed by atoms with Gasteiger partial charge in [0.2, 0.25) is 5.91 Å². The molecule has 0 aromatic carbocycles. The van der Waals surface area contributed by atoms with Crippen LogP contribution in [0.5, 0.6) is 0 Å². The van der Waals surface area contributed by atoms with Gasteiger partial charge < -0.3 is 9.80 Å². The van der Waals surface area contributed by atoms with Crippen molar-refractivity contribution in [3.05, 3.63) is 0 Å². The molecule has 104 valence electrons. The first kappa shape index (κ1) is 13.9. The summed E-state index contributed by atoms with van der Waals surface area (Å²) in [5.74, 6) is 1.19. The molecule has 3 nitrogen and oxygen atoms in total. The molecule has 2 rings (SSSR count). The van der Waals surface area contributed by atoms with E-state index >= 15 is 0 Å². The first-order chi connectivity index (χ1) is 8.66. The SMILES string of the molecule is CC1CCN(C(=O)CCC2CCCCN2C)CC1. The van der Waals surface area contributed by atoms with Gasteiger partial charge in [0.25, 0.3) is 0 Å². The summed E-state index contributed by atoms with van der Waals surface area (Å²) in [6, 6.07) is 0.645. The summed E-state index contributed by atoms with van der Waals surface area (Å²) in [5, 5.41) is 0. The van der Waals surface area contributed by atoms with Crippen LogP contribution in [-0.4, -0.2) is 48.4 Å². The van der Waals surface area contributed by atoms with Crippen LogP contribution in [0.1, 0.15) is 51.9 Å². The smallest absolute Gasteiger partial charge is 0.222 e. The zero-order valence-corrected chi connectivity index (χ0v) is 12.0. The number of hydrogen-bond donors (Lipinski definition) is 0. The topological polar surface area (TPSA) is 23.6 Å². The molecule has 0 aromatic rings. The average molecular weight is 252 g/mol. The predicted molar refractivity (Wildman–Crippen MR) is 74.5 cm³/mol. The van der Waals surface area contributed by atoms with Gasteiger partial charge in [0.15, 0.2) is 0 Å². The van der Waals surface area contributed by atoms with Gasteiger partial charge in [-0.25, -0.2) is 0 Å². The summed E-state index contributed by atoms with van der Waals surface area (Å²) >= 11 is 0. The fourth-order valence-corrected chi connectivity index (χ4v) is 3.22. The summed E-state index contributed by atoms with van der Waals surface area (Å²) in [6.07, 6.45) is 8.13. The molecule has 3 heteroatoms. The van der Waals surface area contributed by atoms with E-state index in [2.05, 4.69) is 23.8 Å². The van der Waals surface area contributed by atoms with E-state index in [4.69, 9.17) is 0 Å². The molecule has 0 aliphatic carbocycles. The van der Waals surface area contributed by atoms with Crippen molar-refractivity contribution in [3.8, 4) is 0 Å². The van der Waals surface area contributed by atoms with Crippen molar-refractivity contribution in [2.45, 2.75) is 57.9 Å². The predicted octanol–water partition coefficient (Wildman–Crippen LogP) is 2.51. The van der Waals surface area contributed by atoms with Crippen molar-refractivity contribution in [2.75, 3.05) is 26.7 Å². The summed E-state index contributed by atoms with van der Waals surface area (Å²) in [4.78, 5) is 16.7. The van der Waals surface area contributed by atoms with Gasteiger partial charge >= 0.3 is 0 Å². The number of amides is 1. The fraction of sp³-hybridized carbons (Fsp3) is 0.933. The molecule has 1 atom stereocenters. The number of carbonyl (C=O) groups excluding carboxylic acids is 1. The Morgan fingerprint density at radius 2 is 1.83 bits per heavy atom. The number of likely N-dealkylation sites (tertiary alicyclic amines) is 2. The summed E-state index contributed by atoms with van der Waals surface area (Å²) in [7, 11) is 2.21. The molecule has 1 unspecified atom stereocenters. The molecule has 2 aliphatic rings. The van der Waals surface area contributed by atoms with E-state index in [0.717, 1.165) is 31.8 Å². The lowest BCUT2D eigenvalue weighted by molar-refractivity contribution is -0.132. The van der Waals surface area contributed by atoms with Crippen molar-refractivity contribution in [1.82, 2.24) is 9.80 Å². The highest BCUT2D eigenvalue weighted by Crippen LogP contribution is 2.21. The molecule has 0 saturated carbocycles. The standard InChI is InChI=1S/C15H28N2O/c1-13-8-11-17(12-9-13)15(18)7-6-14-5-3-4-10-16(14)2/h13-14H,3-12H2,1-2H3. The Morgan fingerprint density at radius 1 is 1.11 bits per heavy atom. The van der Waals surface area contributed by atoms with E-state index in [9.17, 15) is 4.79 Å². The molecule has 18 heavy (non-hydrogen) atoms. The van der Waals surface area contributed by atoms with E-state index in [1.165, 1.54) is 38.6 Å². The molecule has 0 spiro atoms. The van der Waals surface area contributed by atoms with E-state index in [0.29, 0.717) is 11.9 Å². The van der Waals surface area contributed by atoms with Crippen LogP contribution in [0.3, 0.4) is 0 Å². The second-order valence-electron chi connectivity index (χ2n) is 6.23. The Hall–Kier alpha value is -0.570. The molecular weight excluding hydrogens is 224 g/mol. The Balaban J connectivity index is 1.70. The van der Waals surface area contributed by atoms with Crippen molar-refractivity contribution in [1.29, 1.82) is 0 Å². The largest absolute Gasteiger partial charge is 0.343 e. The molecular formula is C15H28N2O. The van der Waals surface area contributed by atoms with Crippen LogP contribution < -0.4 is 0 Å². The number of carbonyl (C=O) groups is 1. The van der Waals surface area contributed by atoms with Crippen molar-refractivity contribution in [3.63, 3.8) is 0 Å². The molecule has 0 N–H and O–H groups in total. The maximum absolute atomic E-state index is 12.2. The number of nitrogens with zero attached hydrogens (tertiary/aromatic N) is 2. The summed E-state index contributed by atoms with van der Waals surface area (Å²) in [6.45, 7) is 5.47. The maximum Gasteiger partial charge on any atom is 0.222 e. The fourth-order valence-electron chi connectivity index (χ4n) is 3.22. The van der Waals surface area contributed by atoms with E-state index in [-0.39, 0.29) is 0 Å². The lowest BCUT2D eigenvalue weighted by atomic mass is 9.97. The highest BCUT2D eigenvalue weighted by atomic mass is 16.2. The third kappa shape index (κ3) is 3.71. The zero-order chi connectivity index (χ0) is 13.0. The van der Waals surface area contributed by atoms with Crippen LogP contribution in [0.2, 0.25) is 0 Å². The van der Waals surface area contributed by atoms with Gasteiger partial charge in [-0.1, -0.05) is 13.3 Å². The molecule has 2 saturated heterocycles. The van der Waals surface area contributed by atoms with Crippen molar-refractivity contribution >= 4 is 5.91 Å². The third-order valence-corrected chi connectivity index (χ3v) is 4.75. The van der Waals surface area contributed by atoms with Crippen LogP contribution in [0.4, 0.5) is 0 Å². The van der Waals surface area contributed by atoms with Crippen LogP contribution in [0.25, 0.3) is 0 Å². The van der Waals surface area contributed by atoms with Gasteiger partial charge in [-0.2, -0.15) is 0 Å². The molecule has 2 aliphatic heterocycles. The van der Waals surface area contributed by atoms with Gasteiger partial charge in [-0.15, -0.1) is 0 Å². The normalized spacial score (nSPS) is 27.4. The van der Waals surface area contributed by atoms with Gasteiger partial charge in [0, 0.05) is 25.6 Å². The van der Waals surface area contributed by atoms with E-state index in [1.807, 2.05) is 0 Å². The highest BCUT2D eigenvalue weighted by molar-refractivity contribution is 5.76. The van der Waals surface area contributed by atoms with Crippen molar-refractivity contribution < 1.29 is 4.79 Å². The van der Waals surface area contributed by atoms with E-state index < -0.39 is 0 Å². The number of piperidine rings is 2. The van der Waals surface area contributed by atoms with Crippen LogP contribution in [-0.2, 0) is 4.79 Å². The van der Waals surface area contributed by atoms with Crippen molar-refractivity contribution in [2.24, 2.45) is 5.92 Å². The lowest BCUT2D eigenvalue weighted by Crippen LogP contribution is -2.40. The maximum atomic E-state index is 12.2. The molecule has 0 aromatic heterocycles. The van der Waals surface area contributed by atoms with Crippen LogP contribution >= 0.6 is 0 Å². The Kier molecular flexibility index (Phi) is 5.04. The average Bonchev–Trinajstić information content (AvgIpc) is 2.38. The first-order valence-electron chi connectivity index (χ1n) is 7.65. The minimum atomic E-state index is 0.390.